The minimum Gasteiger partial charge on any atom is -0.395 e. The largest absolute Gasteiger partial charge is 0.395 e. The molecule has 0 aromatic heterocycles. The van der Waals surface area contributed by atoms with Crippen molar-refractivity contribution in [2.45, 2.75) is 25.4 Å². The van der Waals surface area contributed by atoms with Crippen molar-refractivity contribution in [3.8, 4) is 0 Å². The molecule has 1 aliphatic heterocycles. The molecule has 0 aliphatic carbocycles. The zero-order chi connectivity index (χ0) is 11.3. The van der Waals surface area contributed by atoms with E-state index in [4.69, 9.17) is 0 Å². The maximum Gasteiger partial charge on any atom is 0.0599 e. The summed E-state index contributed by atoms with van der Waals surface area (Å²) in [6.45, 7) is 6.65. The first-order valence-electron chi connectivity index (χ1n) is 5.86. The SMILES string of the molecule is CC1CN(CCCN(C)C)C(CO)CN1. The van der Waals surface area contributed by atoms with Crippen LogP contribution in [-0.2, 0) is 0 Å². The van der Waals surface area contributed by atoms with E-state index in [0.29, 0.717) is 12.1 Å². The van der Waals surface area contributed by atoms with Gasteiger partial charge in [-0.3, -0.25) is 4.90 Å². The van der Waals surface area contributed by atoms with Crippen LogP contribution in [0.3, 0.4) is 0 Å². The molecule has 2 atom stereocenters. The number of rotatable bonds is 5. The van der Waals surface area contributed by atoms with Crippen molar-refractivity contribution in [2.75, 3.05) is 46.9 Å². The molecular weight excluding hydrogens is 190 g/mol. The molecule has 0 amide bonds. The van der Waals surface area contributed by atoms with Gasteiger partial charge in [-0.25, -0.2) is 0 Å². The van der Waals surface area contributed by atoms with Gasteiger partial charge in [0.15, 0.2) is 0 Å². The van der Waals surface area contributed by atoms with Gasteiger partial charge >= 0.3 is 0 Å². The summed E-state index contributed by atoms with van der Waals surface area (Å²) < 4.78 is 0. The van der Waals surface area contributed by atoms with E-state index < -0.39 is 0 Å². The number of hydrogen-bond acceptors (Lipinski definition) is 4. The molecule has 2 unspecified atom stereocenters. The lowest BCUT2D eigenvalue weighted by atomic mass is 10.1. The Balaban J connectivity index is 2.28. The van der Waals surface area contributed by atoms with Crippen LogP contribution in [0.25, 0.3) is 0 Å². The maximum atomic E-state index is 9.26. The number of piperazine rings is 1. The molecule has 0 bridgehead atoms. The van der Waals surface area contributed by atoms with Crippen LogP contribution in [0.5, 0.6) is 0 Å². The van der Waals surface area contributed by atoms with Gasteiger partial charge < -0.3 is 15.3 Å². The lowest BCUT2D eigenvalue weighted by molar-refractivity contribution is 0.0814. The Bertz CT molecular complexity index is 175. The molecule has 1 heterocycles. The molecule has 0 aromatic rings. The monoisotopic (exact) mass is 215 g/mol. The van der Waals surface area contributed by atoms with Crippen LogP contribution in [0.2, 0.25) is 0 Å². The third kappa shape index (κ3) is 4.47. The first-order chi connectivity index (χ1) is 7.13. The van der Waals surface area contributed by atoms with Gasteiger partial charge in [0.25, 0.3) is 0 Å². The van der Waals surface area contributed by atoms with Gasteiger partial charge in [-0.15, -0.1) is 0 Å². The predicted octanol–water partition coefficient (Wildman–Crippen LogP) is -0.407. The third-order valence-electron chi connectivity index (χ3n) is 2.99. The molecule has 0 spiro atoms. The van der Waals surface area contributed by atoms with Crippen LogP contribution in [0, 0.1) is 0 Å². The van der Waals surface area contributed by atoms with Crippen molar-refractivity contribution >= 4 is 0 Å². The highest BCUT2D eigenvalue weighted by atomic mass is 16.3. The van der Waals surface area contributed by atoms with E-state index in [2.05, 4.69) is 36.1 Å². The number of aliphatic hydroxyl groups excluding tert-OH is 1. The van der Waals surface area contributed by atoms with Crippen LogP contribution < -0.4 is 5.32 Å². The summed E-state index contributed by atoms with van der Waals surface area (Å²) >= 11 is 0. The lowest BCUT2D eigenvalue weighted by Crippen LogP contribution is -2.57. The highest BCUT2D eigenvalue weighted by molar-refractivity contribution is 4.83. The van der Waals surface area contributed by atoms with Gasteiger partial charge in [-0.2, -0.15) is 0 Å². The zero-order valence-electron chi connectivity index (χ0n) is 10.2. The Hall–Kier alpha value is -0.160. The highest BCUT2D eigenvalue weighted by Gasteiger charge is 2.24. The summed E-state index contributed by atoms with van der Waals surface area (Å²) in [4.78, 5) is 4.62. The minimum atomic E-state index is 0.266. The first kappa shape index (κ1) is 12.9. The molecule has 15 heavy (non-hydrogen) atoms. The first-order valence-corrected chi connectivity index (χ1v) is 5.86. The molecule has 4 heteroatoms. The Labute approximate surface area is 93.2 Å². The molecule has 90 valence electrons. The fourth-order valence-corrected chi connectivity index (χ4v) is 2.08. The Morgan fingerprint density at radius 2 is 2.20 bits per heavy atom. The van der Waals surface area contributed by atoms with Gasteiger partial charge in [-0.1, -0.05) is 0 Å². The Kier molecular flexibility index (Phi) is 5.53. The van der Waals surface area contributed by atoms with Gasteiger partial charge in [0, 0.05) is 25.2 Å². The average Bonchev–Trinajstić information content (AvgIpc) is 2.17. The molecular formula is C11H25N3O. The van der Waals surface area contributed by atoms with E-state index in [-0.39, 0.29) is 6.61 Å². The van der Waals surface area contributed by atoms with E-state index in [1.807, 2.05) is 0 Å². The van der Waals surface area contributed by atoms with Crippen molar-refractivity contribution in [1.82, 2.24) is 15.1 Å². The van der Waals surface area contributed by atoms with E-state index in [9.17, 15) is 5.11 Å². The summed E-state index contributed by atoms with van der Waals surface area (Å²) in [5, 5.41) is 12.7. The van der Waals surface area contributed by atoms with Crippen molar-refractivity contribution < 1.29 is 5.11 Å². The van der Waals surface area contributed by atoms with Crippen molar-refractivity contribution in [3.63, 3.8) is 0 Å². The smallest absolute Gasteiger partial charge is 0.0599 e. The number of aliphatic hydroxyl groups is 1. The normalized spacial score (nSPS) is 28.6. The average molecular weight is 215 g/mol. The standard InChI is InChI=1S/C11H25N3O/c1-10-8-14(6-4-5-13(2)3)11(9-15)7-12-10/h10-12,15H,4-9H2,1-3H3. The molecule has 4 nitrogen and oxygen atoms in total. The molecule has 0 radical (unpaired) electrons. The molecule has 1 aliphatic rings. The number of nitrogens with one attached hydrogen (secondary N) is 1. The van der Waals surface area contributed by atoms with E-state index in [0.717, 1.165) is 26.2 Å². The predicted molar refractivity (Wildman–Crippen MR) is 63.1 cm³/mol. The quantitative estimate of drug-likeness (QED) is 0.654. The number of nitrogens with zero attached hydrogens (tertiary/aromatic N) is 2. The van der Waals surface area contributed by atoms with Gasteiger partial charge in [-0.05, 0) is 40.5 Å². The minimum absolute atomic E-state index is 0.266. The molecule has 0 saturated carbocycles. The zero-order valence-corrected chi connectivity index (χ0v) is 10.2. The van der Waals surface area contributed by atoms with E-state index in [1.54, 1.807) is 0 Å². The topological polar surface area (TPSA) is 38.7 Å². The molecule has 2 N–H and O–H groups in total. The molecule has 1 rings (SSSR count). The summed E-state index contributed by atoms with van der Waals surface area (Å²) in [6, 6.07) is 0.857. The van der Waals surface area contributed by atoms with Crippen LogP contribution in [-0.4, -0.2) is 73.9 Å². The van der Waals surface area contributed by atoms with Crippen molar-refractivity contribution in [2.24, 2.45) is 0 Å². The summed E-state index contributed by atoms with van der Waals surface area (Å²) in [5.74, 6) is 0. The Morgan fingerprint density at radius 1 is 1.47 bits per heavy atom. The van der Waals surface area contributed by atoms with Crippen LogP contribution in [0.4, 0.5) is 0 Å². The second kappa shape index (κ2) is 6.43. The van der Waals surface area contributed by atoms with Crippen LogP contribution >= 0.6 is 0 Å². The second-order valence-electron chi connectivity index (χ2n) is 4.80. The molecule has 0 aromatic carbocycles. The van der Waals surface area contributed by atoms with Crippen LogP contribution in [0.15, 0.2) is 0 Å². The third-order valence-corrected chi connectivity index (χ3v) is 2.99. The van der Waals surface area contributed by atoms with E-state index >= 15 is 0 Å². The highest BCUT2D eigenvalue weighted by Crippen LogP contribution is 2.07. The molecule has 1 saturated heterocycles. The summed E-state index contributed by atoms with van der Waals surface area (Å²) in [7, 11) is 4.20. The second-order valence-corrected chi connectivity index (χ2v) is 4.80. The summed E-state index contributed by atoms with van der Waals surface area (Å²) in [6.07, 6.45) is 1.18. The summed E-state index contributed by atoms with van der Waals surface area (Å²) in [5.41, 5.74) is 0. The fourth-order valence-electron chi connectivity index (χ4n) is 2.08. The maximum absolute atomic E-state index is 9.26. The van der Waals surface area contributed by atoms with Crippen LogP contribution in [0.1, 0.15) is 13.3 Å². The van der Waals surface area contributed by atoms with E-state index in [1.165, 1.54) is 6.42 Å². The number of hydrogen-bond donors (Lipinski definition) is 2. The lowest BCUT2D eigenvalue weighted by Gasteiger charge is -2.38. The van der Waals surface area contributed by atoms with Crippen molar-refractivity contribution in [3.05, 3.63) is 0 Å². The van der Waals surface area contributed by atoms with Crippen molar-refractivity contribution in [1.29, 1.82) is 0 Å². The van der Waals surface area contributed by atoms with Gasteiger partial charge in [0.1, 0.15) is 0 Å². The fraction of sp³-hybridized carbons (Fsp3) is 1.00. The van der Waals surface area contributed by atoms with Gasteiger partial charge in [0.2, 0.25) is 0 Å². The molecule has 1 fully saturated rings. The van der Waals surface area contributed by atoms with Gasteiger partial charge in [0.05, 0.1) is 6.61 Å². The Morgan fingerprint density at radius 3 is 2.80 bits per heavy atom.